The molecule has 0 spiro atoms. The van der Waals surface area contributed by atoms with Crippen LogP contribution < -0.4 is 0 Å². The summed E-state index contributed by atoms with van der Waals surface area (Å²) in [6.07, 6.45) is 4.35. The van der Waals surface area contributed by atoms with Crippen LogP contribution in [0.5, 0.6) is 5.75 Å². The number of aromatic hydroxyl groups is 1. The van der Waals surface area contributed by atoms with Gasteiger partial charge in [-0.15, -0.1) is 0 Å². The molecule has 0 saturated heterocycles. The second-order valence-electron chi connectivity index (χ2n) is 5.76. The van der Waals surface area contributed by atoms with Crippen LogP contribution in [0.15, 0.2) is 78.0 Å². The molecular weight excluding hydrogens is 496 g/mol. The van der Waals surface area contributed by atoms with E-state index in [1.54, 1.807) is 30.3 Å². The predicted molar refractivity (Wildman–Crippen MR) is 106 cm³/mol. The minimum atomic E-state index is -0.797. The third kappa shape index (κ3) is 3.25. The third-order valence-corrected chi connectivity index (χ3v) is 5.21. The van der Waals surface area contributed by atoms with E-state index >= 15 is 0 Å². The zero-order chi connectivity index (χ0) is 19.8. The fraction of sp³-hybridized carbons (Fsp3) is 0. The molecule has 0 amide bonds. The van der Waals surface area contributed by atoms with Crippen molar-refractivity contribution in [1.82, 2.24) is 0 Å². The Labute approximate surface area is 175 Å². The number of phenols is 1. The van der Waals surface area contributed by atoms with Crippen LogP contribution in [-0.4, -0.2) is 16.9 Å². The van der Waals surface area contributed by atoms with Crippen LogP contribution in [0.25, 0.3) is 11.6 Å². The molecule has 6 nitrogen and oxygen atoms in total. The van der Waals surface area contributed by atoms with E-state index in [1.165, 1.54) is 24.7 Å². The Morgan fingerprint density at radius 2 is 1.71 bits per heavy atom. The topological polar surface area (TPSA) is 89.9 Å². The normalized spacial score (nSPS) is 15.4. The Morgan fingerprint density at radius 3 is 2.32 bits per heavy atom. The van der Waals surface area contributed by atoms with E-state index in [0.717, 1.165) is 0 Å². The number of phenolic OH excluding ortho intramolecular Hbond substituents is 1. The molecule has 0 bridgehead atoms. The molecule has 0 aliphatic carbocycles. The Morgan fingerprint density at radius 1 is 1.04 bits per heavy atom. The van der Waals surface area contributed by atoms with Gasteiger partial charge in [0.05, 0.1) is 21.5 Å². The molecule has 0 fully saturated rings. The lowest BCUT2D eigenvalue weighted by atomic mass is 9.96. The van der Waals surface area contributed by atoms with E-state index in [0.29, 0.717) is 20.3 Å². The summed E-state index contributed by atoms with van der Waals surface area (Å²) in [7, 11) is 0. The van der Waals surface area contributed by atoms with Crippen LogP contribution >= 0.6 is 31.9 Å². The van der Waals surface area contributed by atoms with Crippen molar-refractivity contribution in [1.29, 1.82) is 0 Å². The Hall–Kier alpha value is -2.84. The van der Waals surface area contributed by atoms with Crippen molar-refractivity contribution in [3.63, 3.8) is 0 Å². The van der Waals surface area contributed by atoms with Crippen LogP contribution in [0.4, 0.5) is 0 Å². The van der Waals surface area contributed by atoms with Crippen LogP contribution in [0.1, 0.15) is 21.9 Å². The van der Waals surface area contributed by atoms with Gasteiger partial charge in [-0.2, -0.15) is 0 Å². The molecule has 0 radical (unpaired) electrons. The maximum atomic E-state index is 12.9. The number of Topliss-reactive ketones (excluding diaryl/α,β-unsaturated/α-hetero) is 1. The monoisotopic (exact) mass is 504 g/mol. The second kappa shape index (κ2) is 7.29. The number of hydrogen-bond donors (Lipinski definition) is 1. The number of rotatable bonds is 4. The minimum absolute atomic E-state index is 0.00920. The van der Waals surface area contributed by atoms with Gasteiger partial charge in [0, 0.05) is 11.6 Å². The summed E-state index contributed by atoms with van der Waals surface area (Å²) in [6.45, 7) is 0. The van der Waals surface area contributed by atoms with Gasteiger partial charge in [0.2, 0.25) is 5.78 Å². The molecule has 1 aromatic carbocycles. The number of carbonyl (C=O) groups is 2. The average molecular weight is 506 g/mol. The number of hydrogen-bond acceptors (Lipinski definition) is 6. The average Bonchev–Trinajstić information content (AvgIpc) is 3.40. The fourth-order valence-corrected chi connectivity index (χ4v) is 3.95. The van der Waals surface area contributed by atoms with Gasteiger partial charge in [0.15, 0.2) is 5.76 Å². The lowest BCUT2D eigenvalue weighted by molar-refractivity contribution is -0.132. The van der Waals surface area contributed by atoms with E-state index < -0.39 is 11.8 Å². The second-order valence-corrected chi connectivity index (χ2v) is 7.47. The Kier molecular flexibility index (Phi) is 4.82. The molecule has 3 heterocycles. The van der Waals surface area contributed by atoms with Crippen LogP contribution in [0.2, 0.25) is 0 Å². The summed E-state index contributed by atoms with van der Waals surface area (Å²) in [6, 6.07) is 9.58. The number of ether oxygens (including phenoxy) is 1. The summed E-state index contributed by atoms with van der Waals surface area (Å²) in [5.41, 5.74) is 0.580. The molecular formula is C20H10Br2O6. The SMILES string of the molecule is O=C1O/C(=C\c2ccco2)C(c2cc(Br)c(O)c(Br)c2)=C1C(=O)c1ccco1. The number of furan rings is 2. The molecule has 1 aliphatic rings. The van der Waals surface area contributed by atoms with Crippen molar-refractivity contribution >= 4 is 55.3 Å². The summed E-state index contributed by atoms with van der Waals surface area (Å²) in [5, 5.41) is 10.0. The number of allylic oxidation sites excluding steroid dienone is 1. The first-order valence-corrected chi connectivity index (χ1v) is 9.53. The molecule has 1 aliphatic heterocycles. The molecule has 1 N–H and O–H groups in total. The van der Waals surface area contributed by atoms with Gasteiger partial charge < -0.3 is 18.7 Å². The van der Waals surface area contributed by atoms with Gasteiger partial charge in [0.1, 0.15) is 22.8 Å². The third-order valence-electron chi connectivity index (χ3n) is 4.00. The Bertz CT molecular complexity index is 1110. The molecule has 140 valence electrons. The highest BCUT2D eigenvalue weighted by atomic mass is 79.9. The van der Waals surface area contributed by atoms with Crippen molar-refractivity contribution in [2.45, 2.75) is 0 Å². The number of benzene rings is 1. The minimum Gasteiger partial charge on any atom is -0.506 e. The molecule has 28 heavy (non-hydrogen) atoms. The summed E-state index contributed by atoms with van der Waals surface area (Å²) >= 11 is 6.53. The van der Waals surface area contributed by atoms with Crippen molar-refractivity contribution in [2.24, 2.45) is 0 Å². The van der Waals surface area contributed by atoms with E-state index in [2.05, 4.69) is 31.9 Å². The molecule has 0 unspecified atom stereocenters. The predicted octanol–water partition coefficient (Wildman–Crippen LogP) is 5.34. The standard InChI is InChI=1S/C20H10Br2O6/c21-12-7-10(8-13(22)18(12)23)16-15(9-11-3-1-5-26-11)28-20(25)17(16)19(24)14-4-2-6-27-14/h1-9,23H/b15-9-. The molecule has 8 heteroatoms. The fourth-order valence-electron chi connectivity index (χ4n) is 2.77. The van der Waals surface area contributed by atoms with Crippen molar-refractivity contribution in [3.8, 4) is 5.75 Å². The first kappa shape index (κ1) is 18.5. The highest BCUT2D eigenvalue weighted by Gasteiger charge is 2.37. The smallest absolute Gasteiger partial charge is 0.348 e. The maximum absolute atomic E-state index is 12.9. The zero-order valence-corrected chi connectivity index (χ0v) is 17.1. The van der Waals surface area contributed by atoms with E-state index in [4.69, 9.17) is 13.6 Å². The van der Waals surface area contributed by atoms with Crippen LogP contribution in [-0.2, 0) is 9.53 Å². The molecule has 2 aromatic heterocycles. The van der Waals surface area contributed by atoms with E-state index in [1.807, 2.05) is 0 Å². The van der Waals surface area contributed by atoms with Gasteiger partial charge in [-0.25, -0.2) is 4.79 Å². The first-order valence-electron chi connectivity index (χ1n) is 7.94. The highest BCUT2D eigenvalue weighted by molar-refractivity contribution is 9.11. The van der Waals surface area contributed by atoms with Crippen LogP contribution in [0, 0.1) is 0 Å². The van der Waals surface area contributed by atoms with Gasteiger partial charge in [-0.1, -0.05) is 0 Å². The zero-order valence-electron chi connectivity index (χ0n) is 13.9. The number of cyclic esters (lactones) is 1. The van der Waals surface area contributed by atoms with Gasteiger partial charge in [-0.05, 0) is 73.8 Å². The lowest BCUT2D eigenvalue weighted by Crippen LogP contribution is -2.10. The number of ketones is 1. The van der Waals surface area contributed by atoms with E-state index in [-0.39, 0.29) is 28.4 Å². The van der Waals surface area contributed by atoms with Crippen molar-refractivity contribution in [2.75, 3.05) is 0 Å². The maximum Gasteiger partial charge on any atom is 0.348 e. The number of carbonyl (C=O) groups excluding carboxylic acids is 2. The van der Waals surface area contributed by atoms with E-state index in [9.17, 15) is 14.7 Å². The molecule has 0 saturated carbocycles. The first-order chi connectivity index (χ1) is 13.5. The van der Waals surface area contributed by atoms with Gasteiger partial charge in [-0.3, -0.25) is 4.79 Å². The molecule has 4 rings (SSSR count). The quantitative estimate of drug-likeness (QED) is 0.292. The summed E-state index contributed by atoms with van der Waals surface area (Å²) < 4.78 is 16.6. The molecule has 0 atom stereocenters. The summed E-state index contributed by atoms with van der Waals surface area (Å²) in [4.78, 5) is 25.5. The van der Waals surface area contributed by atoms with Crippen molar-refractivity contribution in [3.05, 3.63) is 86.3 Å². The molecule has 3 aromatic rings. The highest BCUT2D eigenvalue weighted by Crippen LogP contribution is 2.42. The van der Waals surface area contributed by atoms with Gasteiger partial charge >= 0.3 is 5.97 Å². The number of esters is 1. The largest absolute Gasteiger partial charge is 0.506 e. The van der Waals surface area contributed by atoms with Crippen LogP contribution in [0.3, 0.4) is 0 Å². The number of halogens is 2. The van der Waals surface area contributed by atoms with Gasteiger partial charge in [0.25, 0.3) is 0 Å². The summed E-state index contributed by atoms with van der Waals surface area (Å²) in [5.74, 6) is -0.795. The Balaban J connectivity index is 1.96. The van der Waals surface area contributed by atoms with Crippen molar-refractivity contribution < 1.29 is 28.3 Å². The lowest BCUT2D eigenvalue weighted by Gasteiger charge is -2.09.